The van der Waals surface area contributed by atoms with Crippen molar-refractivity contribution < 1.29 is 23.1 Å². The fourth-order valence-corrected chi connectivity index (χ4v) is 3.54. The average Bonchev–Trinajstić information content (AvgIpc) is 3.23. The number of carboxylic acid groups (broad SMARTS) is 1. The number of carboxylic acids is 1. The Morgan fingerprint density at radius 3 is 2.36 bits per heavy atom. The molecule has 0 unspecified atom stereocenters. The first kappa shape index (κ1) is 22.4. The molecule has 0 bridgehead atoms. The summed E-state index contributed by atoms with van der Waals surface area (Å²) in [5.74, 6) is -1.03. The molecule has 0 aliphatic carbocycles. The predicted molar refractivity (Wildman–Crippen MR) is 120 cm³/mol. The van der Waals surface area contributed by atoms with Crippen LogP contribution in [0.5, 0.6) is 0 Å². The summed E-state index contributed by atoms with van der Waals surface area (Å²) in [5, 5.41) is 16.4. The van der Waals surface area contributed by atoms with Crippen molar-refractivity contribution in [3.63, 3.8) is 0 Å². The summed E-state index contributed by atoms with van der Waals surface area (Å²) in [4.78, 5) is 11.1. The topological polar surface area (TPSA) is 67.2 Å². The molecule has 0 atom stereocenters. The van der Waals surface area contributed by atoms with Crippen LogP contribution in [0, 0.1) is 0 Å². The minimum absolute atomic E-state index is 0.152. The second-order valence-corrected chi connectivity index (χ2v) is 7.62. The minimum Gasteiger partial charge on any atom is -0.478 e. The van der Waals surface area contributed by atoms with Gasteiger partial charge in [-0.1, -0.05) is 41.9 Å². The highest BCUT2D eigenvalue weighted by molar-refractivity contribution is 6.31. The summed E-state index contributed by atoms with van der Waals surface area (Å²) in [6.07, 6.45) is -2.80. The van der Waals surface area contributed by atoms with Crippen LogP contribution >= 0.6 is 11.6 Å². The van der Waals surface area contributed by atoms with Crippen molar-refractivity contribution in [2.24, 2.45) is 0 Å². The van der Waals surface area contributed by atoms with Crippen LogP contribution in [-0.4, -0.2) is 20.9 Å². The highest BCUT2D eigenvalue weighted by Gasteiger charge is 2.33. The SMILES string of the molecule is O=C(O)c1ccc(-n2cc(CNc3ccc(Cl)c(C(F)(F)F)c3)c(-c3ccccc3)n2)cc1. The number of nitrogens with one attached hydrogen (secondary N) is 1. The zero-order valence-corrected chi connectivity index (χ0v) is 17.7. The first-order valence-corrected chi connectivity index (χ1v) is 10.2. The zero-order chi connectivity index (χ0) is 23.6. The molecular formula is C24H17ClF3N3O2. The van der Waals surface area contributed by atoms with E-state index >= 15 is 0 Å². The van der Waals surface area contributed by atoms with Gasteiger partial charge in [-0.2, -0.15) is 18.3 Å². The van der Waals surface area contributed by atoms with Crippen LogP contribution in [0.3, 0.4) is 0 Å². The molecule has 0 aliphatic heterocycles. The van der Waals surface area contributed by atoms with Gasteiger partial charge in [-0.25, -0.2) is 9.48 Å². The molecule has 0 saturated carbocycles. The molecule has 5 nitrogen and oxygen atoms in total. The van der Waals surface area contributed by atoms with E-state index in [4.69, 9.17) is 16.7 Å². The average molecular weight is 472 g/mol. The summed E-state index contributed by atoms with van der Waals surface area (Å²) in [7, 11) is 0. The van der Waals surface area contributed by atoms with Gasteiger partial charge in [0.2, 0.25) is 0 Å². The number of hydrogen-bond acceptors (Lipinski definition) is 3. The van der Waals surface area contributed by atoms with Gasteiger partial charge in [0.05, 0.1) is 27.5 Å². The third kappa shape index (κ3) is 5.01. The third-order valence-corrected chi connectivity index (χ3v) is 5.30. The van der Waals surface area contributed by atoms with Gasteiger partial charge in [0.1, 0.15) is 0 Å². The number of nitrogens with zero attached hydrogens (tertiary/aromatic N) is 2. The van der Waals surface area contributed by atoms with E-state index in [1.165, 1.54) is 24.3 Å². The fraction of sp³-hybridized carbons (Fsp3) is 0.0833. The number of hydrogen-bond donors (Lipinski definition) is 2. The number of carbonyl (C=O) groups is 1. The quantitative estimate of drug-likeness (QED) is 0.336. The number of halogens is 4. The molecule has 0 aliphatic rings. The van der Waals surface area contributed by atoms with Crippen LogP contribution in [0.1, 0.15) is 21.5 Å². The molecule has 4 rings (SSSR count). The van der Waals surface area contributed by atoms with Crippen molar-refractivity contribution in [1.82, 2.24) is 9.78 Å². The van der Waals surface area contributed by atoms with Gasteiger partial charge < -0.3 is 10.4 Å². The molecule has 3 aromatic carbocycles. The van der Waals surface area contributed by atoms with E-state index in [0.29, 0.717) is 11.4 Å². The number of alkyl halides is 3. The van der Waals surface area contributed by atoms with Gasteiger partial charge in [0, 0.05) is 29.6 Å². The smallest absolute Gasteiger partial charge is 0.417 e. The van der Waals surface area contributed by atoms with Crippen molar-refractivity contribution in [3.05, 3.63) is 101 Å². The lowest BCUT2D eigenvalue weighted by Gasteiger charge is -2.12. The Morgan fingerprint density at radius 2 is 1.73 bits per heavy atom. The number of anilines is 1. The summed E-state index contributed by atoms with van der Waals surface area (Å²) in [6, 6.07) is 19.2. The number of aromatic nitrogens is 2. The van der Waals surface area contributed by atoms with Gasteiger partial charge in [-0.15, -0.1) is 0 Å². The number of rotatable bonds is 6. The van der Waals surface area contributed by atoms with E-state index < -0.39 is 17.7 Å². The summed E-state index contributed by atoms with van der Waals surface area (Å²) >= 11 is 5.71. The number of benzene rings is 3. The van der Waals surface area contributed by atoms with Crippen molar-refractivity contribution in [1.29, 1.82) is 0 Å². The second kappa shape index (κ2) is 8.99. The van der Waals surface area contributed by atoms with Gasteiger partial charge in [0.25, 0.3) is 0 Å². The summed E-state index contributed by atoms with van der Waals surface area (Å²) in [5.41, 5.74) is 2.38. The Labute approximate surface area is 192 Å². The molecule has 2 N–H and O–H groups in total. The standard InChI is InChI=1S/C24H17ClF3N3O2/c25-21-11-8-18(12-20(21)24(26,27)28)29-13-17-14-31(19-9-6-16(7-10-19)23(32)33)30-22(17)15-4-2-1-3-5-15/h1-12,14,29H,13H2,(H,32,33). The lowest BCUT2D eigenvalue weighted by Crippen LogP contribution is -2.07. The van der Waals surface area contributed by atoms with Crippen LogP contribution in [0.25, 0.3) is 16.9 Å². The first-order chi connectivity index (χ1) is 15.7. The van der Waals surface area contributed by atoms with E-state index in [2.05, 4.69) is 10.4 Å². The Hall–Kier alpha value is -3.78. The fourth-order valence-electron chi connectivity index (χ4n) is 3.32. The molecule has 0 spiro atoms. The molecule has 0 radical (unpaired) electrons. The highest BCUT2D eigenvalue weighted by atomic mass is 35.5. The maximum absolute atomic E-state index is 13.2. The Morgan fingerprint density at radius 1 is 1.03 bits per heavy atom. The Bertz CT molecular complexity index is 1290. The van der Waals surface area contributed by atoms with Crippen molar-refractivity contribution in [3.8, 4) is 16.9 Å². The Kier molecular flexibility index (Phi) is 6.11. The molecule has 0 saturated heterocycles. The lowest BCUT2D eigenvalue weighted by molar-refractivity contribution is -0.137. The summed E-state index contributed by atoms with van der Waals surface area (Å²) in [6.45, 7) is 0.205. The first-order valence-electron chi connectivity index (χ1n) is 9.80. The van der Waals surface area contributed by atoms with E-state index in [1.54, 1.807) is 23.0 Å². The Balaban J connectivity index is 1.66. The van der Waals surface area contributed by atoms with Crippen LogP contribution in [0.2, 0.25) is 5.02 Å². The van der Waals surface area contributed by atoms with Crippen molar-refractivity contribution in [2.45, 2.75) is 12.7 Å². The number of aromatic carboxylic acids is 1. The van der Waals surface area contributed by atoms with Crippen molar-refractivity contribution >= 4 is 23.3 Å². The highest BCUT2D eigenvalue weighted by Crippen LogP contribution is 2.36. The molecule has 4 aromatic rings. The predicted octanol–water partition coefficient (Wildman–Crippen LogP) is 6.52. The molecule has 0 amide bonds. The van der Waals surface area contributed by atoms with Crippen LogP contribution in [0.4, 0.5) is 18.9 Å². The monoisotopic (exact) mass is 471 g/mol. The van der Waals surface area contributed by atoms with Crippen LogP contribution in [0.15, 0.2) is 79.0 Å². The largest absolute Gasteiger partial charge is 0.478 e. The molecule has 9 heteroatoms. The van der Waals surface area contributed by atoms with Crippen molar-refractivity contribution in [2.75, 3.05) is 5.32 Å². The molecular weight excluding hydrogens is 455 g/mol. The molecule has 1 heterocycles. The van der Waals surface area contributed by atoms with Gasteiger partial charge in [-0.3, -0.25) is 0 Å². The molecule has 1 aromatic heterocycles. The van der Waals surface area contributed by atoms with E-state index in [0.717, 1.165) is 17.2 Å². The summed E-state index contributed by atoms with van der Waals surface area (Å²) < 4.78 is 41.2. The lowest BCUT2D eigenvalue weighted by atomic mass is 10.1. The van der Waals surface area contributed by atoms with Crippen LogP contribution in [-0.2, 0) is 12.7 Å². The van der Waals surface area contributed by atoms with Gasteiger partial charge in [-0.05, 0) is 42.5 Å². The second-order valence-electron chi connectivity index (χ2n) is 7.21. The van der Waals surface area contributed by atoms with E-state index in [1.807, 2.05) is 30.3 Å². The molecule has 33 heavy (non-hydrogen) atoms. The minimum atomic E-state index is -4.56. The normalized spacial score (nSPS) is 11.4. The third-order valence-electron chi connectivity index (χ3n) is 4.97. The maximum atomic E-state index is 13.2. The van der Waals surface area contributed by atoms with Crippen LogP contribution < -0.4 is 5.32 Å². The maximum Gasteiger partial charge on any atom is 0.417 e. The van der Waals surface area contributed by atoms with Gasteiger partial charge in [0.15, 0.2) is 0 Å². The molecule has 168 valence electrons. The van der Waals surface area contributed by atoms with E-state index in [9.17, 15) is 18.0 Å². The van der Waals surface area contributed by atoms with Gasteiger partial charge >= 0.3 is 12.1 Å². The van der Waals surface area contributed by atoms with E-state index in [-0.39, 0.29) is 22.8 Å². The zero-order valence-electron chi connectivity index (χ0n) is 17.0. The molecule has 0 fully saturated rings.